The molecule has 0 aromatic heterocycles. The molecule has 0 amide bonds. The zero-order chi connectivity index (χ0) is 15.0. The highest BCUT2D eigenvalue weighted by atomic mass is 16.6. The molecule has 1 aromatic rings. The number of carboxylic acid groups (broad SMARTS) is 1. The summed E-state index contributed by atoms with van der Waals surface area (Å²) < 4.78 is 0. The summed E-state index contributed by atoms with van der Waals surface area (Å²) in [7, 11) is 0. The van der Waals surface area contributed by atoms with Gasteiger partial charge in [-0.15, -0.1) is 0 Å². The zero-order valence-corrected chi connectivity index (χ0v) is 11.5. The summed E-state index contributed by atoms with van der Waals surface area (Å²) >= 11 is 0. The number of aromatic carboxylic acids is 1. The van der Waals surface area contributed by atoms with Crippen molar-refractivity contribution >= 4 is 17.3 Å². The van der Waals surface area contributed by atoms with Crippen molar-refractivity contribution in [2.75, 3.05) is 18.4 Å². The summed E-state index contributed by atoms with van der Waals surface area (Å²) in [4.78, 5) is 24.3. The lowest BCUT2D eigenvalue weighted by atomic mass is 10.0. The maximum Gasteiger partial charge on any atom is 0.338 e. The van der Waals surface area contributed by atoms with Gasteiger partial charge in [0.05, 0.1) is 10.5 Å². The average Bonchev–Trinajstić information content (AvgIpc) is 3.03. The fraction of sp³-hybridized carbons (Fsp3) is 0.500. The Labute approximate surface area is 121 Å². The summed E-state index contributed by atoms with van der Waals surface area (Å²) in [6.07, 6.45) is 3.07. The topological polar surface area (TPSA) is 95.7 Å². The summed E-state index contributed by atoms with van der Waals surface area (Å²) in [6.45, 7) is 2.02. The highest BCUT2D eigenvalue weighted by Gasteiger charge is 2.38. The number of hydrogen-bond donors (Lipinski definition) is 2. The van der Waals surface area contributed by atoms with Crippen molar-refractivity contribution in [3.63, 3.8) is 0 Å². The van der Waals surface area contributed by atoms with Crippen LogP contribution in [0.1, 0.15) is 29.6 Å². The number of para-hydroxylation sites is 1. The van der Waals surface area contributed by atoms with E-state index in [2.05, 4.69) is 10.2 Å². The SMILES string of the molecule is O=C(O)c1cccc([N+](=O)[O-])c1NC1CCN2CCCC12. The van der Waals surface area contributed by atoms with Gasteiger partial charge in [-0.3, -0.25) is 15.0 Å². The number of fused-ring (bicyclic) bond motifs is 1. The van der Waals surface area contributed by atoms with Crippen molar-refractivity contribution in [3.8, 4) is 0 Å². The quantitative estimate of drug-likeness (QED) is 0.650. The molecule has 7 nitrogen and oxygen atoms in total. The van der Waals surface area contributed by atoms with Crippen LogP contribution in [0, 0.1) is 10.1 Å². The Morgan fingerprint density at radius 3 is 2.90 bits per heavy atom. The molecule has 2 aliphatic heterocycles. The highest BCUT2D eigenvalue weighted by molar-refractivity contribution is 5.96. The predicted molar refractivity (Wildman–Crippen MR) is 76.7 cm³/mol. The van der Waals surface area contributed by atoms with E-state index in [1.54, 1.807) is 0 Å². The van der Waals surface area contributed by atoms with Gasteiger partial charge in [0, 0.05) is 24.7 Å². The number of carbonyl (C=O) groups is 1. The first-order chi connectivity index (χ1) is 10.1. The molecule has 3 rings (SSSR count). The third-order valence-electron chi connectivity index (χ3n) is 4.41. The van der Waals surface area contributed by atoms with Crippen LogP contribution in [0.15, 0.2) is 18.2 Å². The second-order valence-electron chi connectivity index (χ2n) is 5.55. The summed E-state index contributed by atoms with van der Waals surface area (Å²) in [5.41, 5.74) is -0.0826. The van der Waals surface area contributed by atoms with Crippen molar-refractivity contribution < 1.29 is 14.8 Å². The zero-order valence-electron chi connectivity index (χ0n) is 11.5. The van der Waals surface area contributed by atoms with E-state index < -0.39 is 10.9 Å². The van der Waals surface area contributed by atoms with Gasteiger partial charge >= 0.3 is 5.97 Å². The molecule has 1 aromatic carbocycles. The highest BCUT2D eigenvalue weighted by Crippen LogP contribution is 2.34. The summed E-state index contributed by atoms with van der Waals surface area (Å²) in [5.74, 6) is -1.15. The first kappa shape index (κ1) is 13.8. The molecule has 2 N–H and O–H groups in total. The lowest BCUT2D eigenvalue weighted by Gasteiger charge is -2.22. The van der Waals surface area contributed by atoms with Gasteiger partial charge in [-0.1, -0.05) is 6.07 Å². The Hall–Kier alpha value is -2.15. The van der Waals surface area contributed by atoms with Crippen LogP contribution in [0.3, 0.4) is 0 Å². The number of nitro benzene ring substituents is 1. The van der Waals surface area contributed by atoms with Gasteiger partial charge in [-0.2, -0.15) is 0 Å². The Kier molecular flexibility index (Phi) is 3.50. The number of nitro groups is 1. The van der Waals surface area contributed by atoms with Crippen LogP contribution >= 0.6 is 0 Å². The van der Waals surface area contributed by atoms with Crippen LogP contribution in [0.2, 0.25) is 0 Å². The second kappa shape index (κ2) is 5.33. The van der Waals surface area contributed by atoms with E-state index in [1.165, 1.54) is 18.2 Å². The van der Waals surface area contributed by atoms with E-state index >= 15 is 0 Å². The number of nitrogens with zero attached hydrogens (tertiary/aromatic N) is 2. The van der Waals surface area contributed by atoms with Crippen molar-refractivity contribution in [2.45, 2.75) is 31.3 Å². The largest absolute Gasteiger partial charge is 0.478 e. The molecule has 2 unspecified atom stereocenters. The fourth-order valence-electron chi connectivity index (χ4n) is 3.46. The van der Waals surface area contributed by atoms with Crippen LogP contribution in [0.5, 0.6) is 0 Å². The smallest absolute Gasteiger partial charge is 0.338 e. The standard InChI is InChI=1S/C14H17N3O4/c18-14(19)9-3-1-4-12(17(20)21)13(9)15-10-6-8-16-7-2-5-11(10)16/h1,3-4,10-11,15H,2,5-8H2,(H,18,19). The van der Waals surface area contributed by atoms with Crippen LogP contribution < -0.4 is 5.32 Å². The van der Waals surface area contributed by atoms with Gasteiger partial charge in [0.25, 0.3) is 5.69 Å². The van der Waals surface area contributed by atoms with Crippen molar-refractivity contribution in [1.82, 2.24) is 4.90 Å². The van der Waals surface area contributed by atoms with Crippen molar-refractivity contribution in [3.05, 3.63) is 33.9 Å². The van der Waals surface area contributed by atoms with Gasteiger partial charge in [0.1, 0.15) is 5.69 Å². The van der Waals surface area contributed by atoms with Gasteiger partial charge in [0.2, 0.25) is 0 Å². The Morgan fingerprint density at radius 2 is 2.19 bits per heavy atom. The minimum atomic E-state index is -1.15. The number of benzene rings is 1. The third-order valence-corrected chi connectivity index (χ3v) is 4.41. The molecule has 7 heteroatoms. The number of rotatable bonds is 4. The molecule has 2 atom stereocenters. The summed E-state index contributed by atoms with van der Waals surface area (Å²) in [6, 6.07) is 4.58. The summed E-state index contributed by atoms with van der Waals surface area (Å²) in [5, 5.41) is 23.6. The molecule has 0 spiro atoms. The van der Waals surface area contributed by atoms with Crippen LogP contribution in [-0.2, 0) is 0 Å². The molecule has 2 heterocycles. The molecule has 0 bridgehead atoms. The van der Waals surface area contributed by atoms with Crippen LogP contribution in [0.25, 0.3) is 0 Å². The molecule has 2 saturated heterocycles. The molecule has 0 saturated carbocycles. The molecule has 0 radical (unpaired) electrons. The van der Waals surface area contributed by atoms with Crippen LogP contribution in [0.4, 0.5) is 11.4 Å². The number of carboxylic acids is 1. The Balaban J connectivity index is 1.93. The molecular formula is C14H17N3O4. The monoisotopic (exact) mass is 291 g/mol. The Morgan fingerprint density at radius 1 is 1.38 bits per heavy atom. The minimum absolute atomic E-state index is 0.0411. The first-order valence-corrected chi connectivity index (χ1v) is 7.09. The average molecular weight is 291 g/mol. The van der Waals surface area contributed by atoms with Gasteiger partial charge in [-0.25, -0.2) is 4.79 Å². The van der Waals surface area contributed by atoms with E-state index in [4.69, 9.17) is 0 Å². The second-order valence-corrected chi connectivity index (χ2v) is 5.55. The predicted octanol–water partition coefficient (Wildman–Crippen LogP) is 1.94. The maximum absolute atomic E-state index is 11.3. The maximum atomic E-state index is 11.3. The lowest BCUT2D eigenvalue weighted by Crippen LogP contribution is -2.34. The fourth-order valence-corrected chi connectivity index (χ4v) is 3.46. The number of anilines is 1. The van der Waals surface area contributed by atoms with Gasteiger partial charge in [-0.05, 0) is 31.9 Å². The number of nitrogens with one attached hydrogen (secondary N) is 1. The van der Waals surface area contributed by atoms with E-state index in [9.17, 15) is 20.0 Å². The first-order valence-electron chi connectivity index (χ1n) is 7.09. The van der Waals surface area contributed by atoms with E-state index in [0.29, 0.717) is 6.04 Å². The molecule has 0 aliphatic carbocycles. The molecule has 112 valence electrons. The lowest BCUT2D eigenvalue weighted by molar-refractivity contribution is -0.384. The Bertz CT molecular complexity index is 557. The molecule has 2 fully saturated rings. The third kappa shape index (κ3) is 2.44. The number of hydrogen-bond acceptors (Lipinski definition) is 5. The normalized spacial score (nSPS) is 24.8. The van der Waals surface area contributed by atoms with Crippen molar-refractivity contribution in [1.29, 1.82) is 0 Å². The molecular weight excluding hydrogens is 274 g/mol. The van der Waals surface area contributed by atoms with Gasteiger partial charge < -0.3 is 10.4 Å². The molecule has 2 aliphatic rings. The van der Waals surface area contributed by atoms with E-state index in [0.717, 1.165) is 32.4 Å². The van der Waals surface area contributed by atoms with E-state index in [1.807, 2.05) is 0 Å². The van der Waals surface area contributed by atoms with Gasteiger partial charge in [0.15, 0.2) is 0 Å². The van der Waals surface area contributed by atoms with Crippen LogP contribution in [-0.4, -0.2) is 46.1 Å². The van der Waals surface area contributed by atoms with E-state index in [-0.39, 0.29) is 23.0 Å². The van der Waals surface area contributed by atoms with Crippen molar-refractivity contribution in [2.24, 2.45) is 0 Å². The molecule has 21 heavy (non-hydrogen) atoms. The minimum Gasteiger partial charge on any atom is -0.478 e.